The van der Waals surface area contributed by atoms with Crippen LogP contribution < -0.4 is 10.1 Å². The molecule has 5 heteroatoms. The van der Waals surface area contributed by atoms with E-state index in [0.717, 1.165) is 0 Å². The van der Waals surface area contributed by atoms with Crippen LogP contribution in [-0.4, -0.2) is 23.7 Å². The van der Waals surface area contributed by atoms with Crippen molar-refractivity contribution in [1.82, 2.24) is 5.32 Å². The summed E-state index contributed by atoms with van der Waals surface area (Å²) in [6.07, 6.45) is 3.38. The monoisotopic (exact) mass is 265 g/mol. The fraction of sp³-hybridized carbons (Fsp3) is 0.357. The van der Waals surface area contributed by atoms with Gasteiger partial charge >= 0.3 is 0 Å². The molecule has 0 spiro atoms. The summed E-state index contributed by atoms with van der Waals surface area (Å²) in [4.78, 5) is 11.5. The first-order valence-electron chi connectivity index (χ1n) is 5.81. The second-order valence-corrected chi connectivity index (χ2v) is 4.05. The molecular weight excluding hydrogens is 249 g/mol. The maximum Gasteiger partial charge on any atom is 0.261 e. The van der Waals surface area contributed by atoms with Crippen molar-refractivity contribution in [2.45, 2.75) is 26.1 Å². The number of amides is 1. The second-order valence-electron chi connectivity index (χ2n) is 4.05. The smallest absolute Gasteiger partial charge is 0.261 e. The highest BCUT2D eigenvalue weighted by molar-refractivity contribution is 5.80. The summed E-state index contributed by atoms with van der Waals surface area (Å²) in [7, 11) is 0. The molecule has 102 valence electrons. The summed E-state index contributed by atoms with van der Waals surface area (Å²) in [5.74, 6) is 1.16. The molecule has 0 aliphatic rings. The van der Waals surface area contributed by atoms with E-state index in [4.69, 9.17) is 11.2 Å². The van der Waals surface area contributed by atoms with Crippen LogP contribution in [0.15, 0.2) is 18.2 Å². The third-order valence-electron chi connectivity index (χ3n) is 2.48. The van der Waals surface area contributed by atoms with E-state index in [1.807, 2.05) is 0 Å². The van der Waals surface area contributed by atoms with E-state index >= 15 is 0 Å². The first-order valence-corrected chi connectivity index (χ1v) is 5.81. The molecule has 1 aromatic rings. The van der Waals surface area contributed by atoms with E-state index in [2.05, 4.69) is 11.2 Å². The summed E-state index contributed by atoms with van der Waals surface area (Å²) in [6.45, 7) is 3.12. The van der Waals surface area contributed by atoms with Gasteiger partial charge in [-0.1, -0.05) is 12.0 Å². The van der Waals surface area contributed by atoms with Gasteiger partial charge in [-0.2, -0.15) is 0 Å². The standard InChI is InChI=1S/C14H16FNO3/c1-4-7-16-14(18)10(3)19-13-6-5-11(9(2)17)8-12(13)15/h1,5-6,8-10,17H,7H2,2-3H3,(H,16,18)/t9-,10?/m0/s1. The summed E-state index contributed by atoms with van der Waals surface area (Å²) >= 11 is 0. The first kappa shape index (κ1) is 15.0. The highest BCUT2D eigenvalue weighted by Crippen LogP contribution is 2.22. The van der Waals surface area contributed by atoms with Crippen LogP contribution in [-0.2, 0) is 4.79 Å². The van der Waals surface area contributed by atoms with Crippen molar-refractivity contribution in [3.8, 4) is 18.1 Å². The van der Waals surface area contributed by atoms with Crippen LogP contribution in [0.3, 0.4) is 0 Å². The number of carbonyl (C=O) groups is 1. The molecule has 0 radical (unpaired) electrons. The van der Waals surface area contributed by atoms with Gasteiger partial charge in [0.05, 0.1) is 12.6 Å². The van der Waals surface area contributed by atoms with Crippen LogP contribution in [0, 0.1) is 18.2 Å². The van der Waals surface area contributed by atoms with E-state index in [0.29, 0.717) is 5.56 Å². The molecule has 1 aromatic carbocycles. The Morgan fingerprint density at radius 2 is 2.26 bits per heavy atom. The maximum absolute atomic E-state index is 13.7. The SMILES string of the molecule is C#CCNC(=O)C(C)Oc1ccc([C@H](C)O)cc1F. The van der Waals surface area contributed by atoms with Crippen LogP contribution in [0.5, 0.6) is 5.75 Å². The van der Waals surface area contributed by atoms with Crippen LogP contribution in [0.1, 0.15) is 25.5 Å². The molecule has 0 aromatic heterocycles. The molecule has 0 bridgehead atoms. The normalized spacial score (nSPS) is 13.2. The quantitative estimate of drug-likeness (QED) is 0.791. The highest BCUT2D eigenvalue weighted by Gasteiger charge is 2.16. The van der Waals surface area contributed by atoms with Gasteiger partial charge in [0.2, 0.25) is 0 Å². The van der Waals surface area contributed by atoms with E-state index in [1.54, 1.807) is 0 Å². The Morgan fingerprint density at radius 1 is 1.58 bits per heavy atom. The lowest BCUT2D eigenvalue weighted by atomic mass is 10.1. The lowest BCUT2D eigenvalue weighted by molar-refractivity contribution is -0.127. The molecule has 0 fully saturated rings. The van der Waals surface area contributed by atoms with Gasteiger partial charge < -0.3 is 15.2 Å². The predicted molar refractivity (Wildman–Crippen MR) is 69.0 cm³/mol. The first-order chi connectivity index (χ1) is 8.95. The number of nitrogens with one attached hydrogen (secondary N) is 1. The van der Waals surface area contributed by atoms with E-state index in [-0.39, 0.29) is 12.3 Å². The van der Waals surface area contributed by atoms with Gasteiger partial charge in [-0.15, -0.1) is 6.42 Å². The number of carbonyl (C=O) groups excluding carboxylic acids is 1. The molecule has 0 aliphatic carbocycles. The number of hydrogen-bond acceptors (Lipinski definition) is 3. The van der Waals surface area contributed by atoms with Crippen molar-refractivity contribution < 1.29 is 19.0 Å². The average Bonchev–Trinajstić information content (AvgIpc) is 2.37. The lowest BCUT2D eigenvalue weighted by Gasteiger charge is -2.15. The number of ether oxygens (including phenoxy) is 1. The average molecular weight is 265 g/mol. The van der Waals surface area contributed by atoms with Gasteiger partial charge in [-0.05, 0) is 31.5 Å². The molecule has 0 saturated heterocycles. The molecule has 4 nitrogen and oxygen atoms in total. The summed E-state index contributed by atoms with van der Waals surface area (Å²) in [6, 6.07) is 4.09. The van der Waals surface area contributed by atoms with Gasteiger partial charge in [-0.3, -0.25) is 4.79 Å². The van der Waals surface area contributed by atoms with Crippen molar-refractivity contribution in [2.75, 3.05) is 6.54 Å². The van der Waals surface area contributed by atoms with E-state index in [9.17, 15) is 14.3 Å². The molecule has 1 unspecified atom stereocenters. The zero-order valence-electron chi connectivity index (χ0n) is 10.8. The van der Waals surface area contributed by atoms with Crippen LogP contribution >= 0.6 is 0 Å². The Balaban J connectivity index is 2.72. The topological polar surface area (TPSA) is 58.6 Å². The molecular formula is C14H16FNO3. The Kier molecular flexibility index (Phi) is 5.34. The molecule has 2 atom stereocenters. The number of aliphatic hydroxyl groups excluding tert-OH is 1. The second kappa shape index (κ2) is 6.76. The van der Waals surface area contributed by atoms with Crippen LogP contribution in [0.4, 0.5) is 4.39 Å². The number of terminal acetylenes is 1. The predicted octanol–water partition coefficient (Wildman–Crippen LogP) is 1.40. The van der Waals surface area contributed by atoms with Crippen molar-refractivity contribution in [1.29, 1.82) is 0 Å². The minimum atomic E-state index is -0.861. The Hall–Kier alpha value is -2.06. The molecule has 2 N–H and O–H groups in total. The van der Waals surface area contributed by atoms with Gasteiger partial charge in [0.25, 0.3) is 5.91 Å². The third kappa shape index (κ3) is 4.27. The molecule has 0 heterocycles. The number of halogens is 1. The van der Waals surface area contributed by atoms with Gasteiger partial charge in [0.15, 0.2) is 17.7 Å². The molecule has 0 saturated carbocycles. The summed E-state index contributed by atoms with van der Waals surface area (Å²) in [5.41, 5.74) is 0.439. The molecule has 1 amide bonds. The Bertz CT molecular complexity index is 494. The maximum atomic E-state index is 13.7. The van der Waals surface area contributed by atoms with Crippen molar-refractivity contribution in [3.63, 3.8) is 0 Å². The van der Waals surface area contributed by atoms with E-state index < -0.39 is 23.9 Å². The third-order valence-corrected chi connectivity index (χ3v) is 2.48. The number of rotatable bonds is 5. The zero-order chi connectivity index (χ0) is 14.4. The molecule has 19 heavy (non-hydrogen) atoms. The minimum absolute atomic E-state index is 0.0484. The van der Waals surface area contributed by atoms with Crippen LogP contribution in [0.25, 0.3) is 0 Å². The highest BCUT2D eigenvalue weighted by atomic mass is 19.1. The van der Waals surface area contributed by atoms with Crippen molar-refractivity contribution >= 4 is 5.91 Å². The van der Waals surface area contributed by atoms with Crippen molar-refractivity contribution in [2.24, 2.45) is 0 Å². The van der Waals surface area contributed by atoms with Crippen molar-refractivity contribution in [3.05, 3.63) is 29.6 Å². The molecule has 1 rings (SSSR count). The van der Waals surface area contributed by atoms with Gasteiger partial charge in [0, 0.05) is 0 Å². The number of hydrogen-bond donors (Lipinski definition) is 2. The van der Waals surface area contributed by atoms with Gasteiger partial charge in [0.1, 0.15) is 0 Å². The van der Waals surface area contributed by atoms with E-state index in [1.165, 1.54) is 32.0 Å². The zero-order valence-corrected chi connectivity index (χ0v) is 10.8. The molecule has 0 aliphatic heterocycles. The van der Waals surface area contributed by atoms with Gasteiger partial charge in [-0.25, -0.2) is 4.39 Å². The minimum Gasteiger partial charge on any atom is -0.478 e. The largest absolute Gasteiger partial charge is 0.478 e. The summed E-state index contributed by atoms with van der Waals surface area (Å²) < 4.78 is 18.9. The summed E-state index contributed by atoms with van der Waals surface area (Å²) in [5, 5.41) is 11.8. The number of aliphatic hydroxyl groups is 1. The Morgan fingerprint density at radius 3 is 2.79 bits per heavy atom. The fourth-order valence-electron chi connectivity index (χ4n) is 1.40. The lowest BCUT2D eigenvalue weighted by Crippen LogP contribution is -2.36. The fourth-order valence-corrected chi connectivity index (χ4v) is 1.40. The number of benzene rings is 1. The Labute approximate surface area is 111 Å². The van der Waals surface area contributed by atoms with Crippen LogP contribution in [0.2, 0.25) is 0 Å².